The van der Waals surface area contributed by atoms with Gasteiger partial charge in [-0.1, -0.05) is 103 Å². The summed E-state index contributed by atoms with van der Waals surface area (Å²) in [6.07, 6.45) is 2.45. The molecule has 6 rings (SSSR count). The molecule has 0 saturated carbocycles. The van der Waals surface area contributed by atoms with Crippen molar-refractivity contribution in [1.29, 1.82) is 0 Å². The van der Waals surface area contributed by atoms with E-state index in [1.54, 1.807) is 0 Å². The van der Waals surface area contributed by atoms with Crippen LogP contribution in [-0.2, 0) is 26.2 Å². The number of rotatable bonds is 2. The fraction of sp³-hybridized carbons (Fsp3) is 0.0357. The van der Waals surface area contributed by atoms with Crippen LogP contribution in [0.4, 0.5) is 0 Å². The number of hydrogen-bond donors (Lipinski definition) is 0. The molecule has 0 aromatic heterocycles. The maximum absolute atomic E-state index is 2.45. The smallest absolute Gasteiger partial charge is 1.00 e. The molecule has 0 bridgehead atoms. The average Bonchev–Trinajstić information content (AvgIpc) is 3.33. The Morgan fingerprint density at radius 3 is 2.06 bits per heavy atom. The molecule has 0 N–H and O–H groups in total. The fourth-order valence-electron chi connectivity index (χ4n) is 4.76. The van der Waals surface area contributed by atoms with E-state index in [2.05, 4.69) is 109 Å². The van der Waals surface area contributed by atoms with Crippen molar-refractivity contribution < 1.29 is 51.0 Å². The Morgan fingerprint density at radius 1 is 0.581 bits per heavy atom. The summed E-state index contributed by atoms with van der Waals surface area (Å²) in [7, 11) is 0. The van der Waals surface area contributed by atoms with Gasteiger partial charge in [0.1, 0.15) is 0 Å². The van der Waals surface area contributed by atoms with Crippen LogP contribution in [0.1, 0.15) is 28.2 Å². The third-order valence-corrected chi connectivity index (χ3v) is 6.03. The second kappa shape index (κ2) is 9.62. The van der Waals surface area contributed by atoms with Crippen molar-refractivity contribution in [3.05, 3.63) is 131 Å². The average molecular weight is 518 g/mol. The SMILES string of the molecule is C1=C(c2ccccc2)c2ccccc2C1c1cccc2c1[cH-]c1ccccc12.[Cl-].[Cl-].[Zr+3]. The minimum Gasteiger partial charge on any atom is -1.00 e. The van der Waals surface area contributed by atoms with Crippen LogP contribution in [0.25, 0.3) is 27.1 Å². The Labute approximate surface area is 214 Å². The number of halogens is 2. The summed E-state index contributed by atoms with van der Waals surface area (Å²) in [6.45, 7) is 0. The van der Waals surface area contributed by atoms with Crippen LogP contribution in [0, 0.1) is 0 Å². The first-order valence-electron chi connectivity index (χ1n) is 9.84. The van der Waals surface area contributed by atoms with E-state index in [0.29, 0.717) is 0 Å². The second-order valence-electron chi connectivity index (χ2n) is 7.55. The molecule has 1 aliphatic rings. The third-order valence-electron chi connectivity index (χ3n) is 6.03. The minimum absolute atomic E-state index is 0. The van der Waals surface area contributed by atoms with Crippen molar-refractivity contribution in [3.63, 3.8) is 0 Å². The molecule has 0 spiro atoms. The number of fused-ring (bicyclic) bond motifs is 4. The molecule has 0 heterocycles. The van der Waals surface area contributed by atoms with E-state index in [9.17, 15) is 0 Å². The first kappa shape index (κ1) is 23.6. The van der Waals surface area contributed by atoms with E-state index in [1.165, 1.54) is 49.4 Å². The van der Waals surface area contributed by atoms with Crippen LogP contribution in [-0.4, -0.2) is 0 Å². The molecule has 0 amide bonds. The van der Waals surface area contributed by atoms with Crippen molar-refractivity contribution in [1.82, 2.24) is 0 Å². The van der Waals surface area contributed by atoms with Gasteiger partial charge in [-0.15, -0.1) is 33.7 Å². The summed E-state index contributed by atoms with van der Waals surface area (Å²) in [5.74, 6) is 0.284. The van der Waals surface area contributed by atoms with Crippen LogP contribution < -0.4 is 24.8 Å². The molecule has 31 heavy (non-hydrogen) atoms. The fourth-order valence-corrected chi connectivity index (χ4v) is 4.76. The summed E-state index contributed by atoms with van der Waals surface area (Å²) in [4.78, 5) is 0. The predicted octanol–water partition coefficient (Wildman–Crippen LogP) is 1.29. The number of allylic oxidation sites excluding steroid dienone is 1. The molecular weight excluding hydrogens is 498 g/mol. The monoisotopic (exact) mass is 515 g/mol. The van der Waals surface area contributed by atoms with Crippen molar-refractivity contribution in [2.24, 2.45) is 0 Å². The molecule has 5 aromatic rings. The third kappa shape index (κ3) is 3.85. The Kier molecular flexibility index (Phi) is 7.32. The molecule has 0 saturated heterocycles. The Morgan fingerprint density at radius 2 is 1.23 bits per heavy atom. The van der Waals surface area contributed by atoms with E-state index in [4.69, 9.17) is 0 Å². The molecule has 1 radical (unpaired) electrons. The van der Waals surface area contributed by atoms with Crippen LogP contribution in [0.15, 0.2) is 109 Å². The molecule has 1 atom stereocenters. The zero-order valence-electron chi connectivity index (χ0n) is 16.7. The molecular formula is C28H19Cl2Zr. The van der Waals surface area contributed by atoms with Gasteiger partial charge in [0, 0.05) is 5.92 Å². The van der Waals surface area contributed by atoms with E-state index < -0.39 is 0 Å². The van der Waals surface area contributed by atoms with Gasteiger partial charge < -0.3 is 24.8 Å². The molecule has 0 nitrogen and oxygen atoms in total. The van der Waals surface area contributed by atoms with E-state index in [0.717, 1.165) is 0 Å². The normalized spacial score (nSPS) is 14.2. The first-order chi connectivity index (χ1) is 13.9. The first-order valence-corrected chi connectivity index (χ1v) is 9.84. The van der Waals surface area contributed by atoms with E-state index in [-0.39, 0.29) is 56.9 Å². The molecule has 0 aliphatic heterocycles. The van der Waals surface area contributed by atoms with Gasteiger partial charge >= 0.3 is 26.2 Å². The van der Waals surface area contributed by atoms with Gasteiger partial charge in [-0.25, -0.2) is 0 Å². The summed E-state index contributed by atoms with van der Waals surface area (Å²) in [5.41, 5.74) is 6.78. The van der Waals surface area contributed by atoms with Gasteiger partial charge in [0.25, 0.3) is 0 Å². The standard InChI is InChI=1S/C28H19.2ClH.Zr/c1-2-9-19(10-3-1)26-18-28(24-14-7-6-13-23(24)26)25-16-8-15-22-21-12-5-4-11-20(21)17-27(22)25;;;/h1-18,28H;2*1H;/q-1;;;+3/p-2. The van der Waals surface area contributed by atoms with Gasteiger partial charge in [0.05, 0.1) is 0 Å². The molecule has 1 aliphatic carbocycles. The van der Waals surface area contributed by atoms with Crippen LogP contribution >= 0.6 is 0 Å². The second-order valence-corrected chi connectivity index (χ2v) is 7.55. The maximum Gasteiger partial charge on any atom is 3.00 e. The quantitative estimate of drug-likeness (QED) is 0.310. The maximum atomic E-state index is 2.45. The summed E-state index contributed by atoms with van der Waals surface area (Å²) >= 11 is 0. The van der Waals surface area contributed by atoms with Gasteiger partial charge in [-0.05, 0) is 22.3 Å². The largest absolute Gasteiger partial charge is 3.00 e. The number of hydrogen-bond acceptors (Lipinski definition) is 0. The molecule has 3 heteroatoms. The van der Waals surface area contributed by atoms with Crippen LogP contribution in [0.5, 0.6) is 0 Å². The van der Waals surface area contributed by atoms with Crippen LogP contribution in [0.3, 0.4) is 0 Å². The van der Waals surface area contributed by atoms with Gasteiger partial charge in [-0.3, -0.25) is 0 Å². The van der Waals surface area contributed by atoms with Gasteiger partial charge in [-0.2, -0.15) is 0 Å². The van der Waals surface area contributed by atoms with Gasteiger partial charge in [0.2, 0.25) is 0 Å². The summed E-state index contributed by atoms with van der Waals surface area (Å²) < 4.78 is 0. The summed E-state index contributed by atoms with van der Waals surface area (Å²) in [5, 5.41) is 5.39. The zero-order valence-corrected chi connectivity index (χ0v) is 20.7. The predicted molar refractivity (Wildman–Crippen MR) is 119 cm³/mol. The van der Waals surface area contributed by atoms with E-state index in [1.807, 2.05) is 0 Å². The van der Waals surface area contributed by atoms with Crippen molar-refractivity contribution in [2.45, 2.75) is 5.92 Å². The van der Waals surface area contributed by atoms with Crippen molar-refractivity contribution in [2.75, 3.05) is 0 Å². The zero-order chi connectivity index (χ0) is 18.5. The Hall–Kier alpha value is -2.05. The Balaban J connectivity index is 0.000000907. The molecule has 5 aromatic carbocycles. The molecule has 0 fully saturated rings. The topological polar surface area (TPSA) is 0 Å². The molecule has 149 valence electrons. The Bertz CT molecular complexity index is 1370. The van der Waals surface area contributed by atoms with Crippen molar-refractivity contribution >= 4 is 27.1 Å². The van der Waals surface area contributed by atoms with Crippen molar-refractivity contribution in [3.8, 4) is 0 Å². The minimum atomic E-state index is 0. The number of benzene rings is 4. The van der Waals surface area contributed by atoms with E-state index >= 15 is 0 Å². The van der Waals surface area contributed by atoms with Gasteiger partial charge in [0.15, 0.2) is 0 Å². The molecule has 1 unspecified atom stereocenters. The summed E-state index contributed by atoms with van der Waals surface area (Å²) in [6, 6.07) is 37.4. The van der Waals surface area contributed by atoms with Crippen LogP contribution in [0.2, 0.25) is 0 Å².